The molecule has 2 unspecified atom stereocenters. The van der Waals surface area contributed by atoms with Crippen molar-refractivity contribution in [1.82, 2.24) is 25.5 Å². The molecule has 7 heteroatoms. The lowest BCUT2D eigenvalue weighted by Crippen LogP contribution is -2.39. The molecule has 2 atom stereocenters. The average molecular weight is 331 g/mol. The van der Waals surface area contributed by atoms with Crippen LogP contribution in [0.4, 0.5) is 0 Å². The Balaban J connectivity index is 1.98. The van der Waals surface area contributed by atoms with Crippen molar-refractivity contribution in [1.29, 1.82) is 0 Å². The summed E-state index contributed by atoms with van der Waals surface area (Å²) in [7, 11) is 0. The van der Waals surface area contributed by atoms with Crippen molar-refractivity contribution in [3.63, 3.8) is 0 Å². The van der Waals surface area contributed by atoms with Crippen LogP contribution in [-0.2, 0) is 4.79 Å². The Morgan fingerprint density at radius 2 is 1.96 bits per heavy atom. The highest BCUT2D eigenvalue weighted by Crippen LogP contribution is 2.21. The SMILES string of the molecule is CC(O)CC(C)(C)CNC(=O)C(C)n1nnc(-c2ccccc2)n1. The standard InChI is InChI=1S/C17H25N5O2/c1-12(23)10-17(3,4)11-18-16(24)13(2)22-20-15(19-21-22)14-8-6-5-7-9-14/h5-9,12-13,23H,10-11H2,1-4H3,(H,18,24). The van der Waals surface area contributed by atoms with Crippen molar-refractivity contribution in [2.24, 2.45) is 5.41 Å². The molecule has 2 rings (SSSR count). The number of nitrogens with one attached hydrogen (secondary N) is 1. The number of amides is 1. The number of aliphatic hydroxyl groups excluding tert-OH is 1. The van der Waals surface area contributed by atoms with Crippen LogP contribution in [0.2, 0.25) is 0 Å². The number of rotatable bonds is 7. The zero-order chi connectivity index (χ0) is 17.7. The molecule has 0 fully saturated rings. The highest BCUT2D eigenvalue weighted by molar-refractivity contribution is 5.79. The number of aromatic nitrogens is 4. The van der Waals surface area contributed by atoms with Crippen molar-refractivity contribution in [2.75, 3.05) is 6.54 Å². The second kappa shape index (κ2) is 7.53. The van der Waals surface area contributed by atoms with Gasteiger partial charge >= 0.3 is 0 Å². The fourth-order valence-electron chi connectivity index (χ4n) is 2.54. The summed E-state index contributed by atoms with van der Waals surface area (Å²) < 4.78 is 0. The van der Waals surface area contributed by atoms with Crippen LogP contribution >= 0.6 is 0 Å². The molecule has 0 aliphatic heterocycles. The Bertz CT molecular complexity index is 667. The van der Waals surface area contributed by atoms with Gasteiger partial charge in [-0.2, -0.15) is 4.80 Å². The van der Waals surface area contributed by atoms with E-state index in [2.05, 4.69) is 20.7 Å². The second-order valence-corrected chi connectivity index (χ2v) is 6.91. The van der Waals surface area contributed by atoms with Crippen molar-refractivity contribution in [3.8, 4) is 11.4 Å². The van der Waals surface area contributed by atoms with Crippen LogP contribution in [0.1, 0.15) is 40.2 Å². The van der Waals surface area contributed by atoms with Crippen LogP contribution in [0.5, 0.6) is 0 Å². The van der Waals surface area contributed by atoms with E-state index in [-0.39, 0.29) is 11.3 Å². The number of carbonyl (C=O) groups is 1. The summed E-state index contributed by atoms with van der Waals surface area (Å²) >= 11 is 0. The first-order chi connectivity index (χ1) is 11.3. The van der Waals surface area contributed by atoms with E-state index >= 15 is 0 Å². The third kappa shape index (κ3) is 4.86. The predicted molar refractivity (Wildman–Crippen MR) is 91.1 cm³/mol. The number of hydrogen-bond acceptors (Lipinski definition) is 5. The second-order valence-electron chi connectivity index (χ2n) is 6.91. The van der Waals surface area contributed by atoms with Gasteiger partial charge in [-0.3, -0.25) is 4.79 Å². The number of aliphatic hydroxyl groups is 1. The van der Waals surface area contributed by atoms with Crippen LogP contribution in [-0.4, -0.2) is 43.9 Å². The molecule has 2 N–H and O–H groups in total. The van der Waals surface area contributed by atoms with Crippen LogP contribution in [0, 0.1) is 5.41 Å². The molecule has 1 amide bonds. The average Bonchev–Trinajstić information content (AvgIpc) is 3.01. The quantitative estimate of drug-likeness (QED) is 0.807. The molecule has 1 aromatic carbocycles. The summed E-state index contributed by atoms with van der Waals surface area (Å²) in [5.41, 5.74) is 0.670. The summed E-state index contributed by atoms with van der Waals surface area (Å²) in [5.74, 6) is 0.315. The molecular weight excluding hydrogens is 306 g/mol. The molecule has 0 radical (unpaired) electrons. The molecule has 7 nitrogen and oxygen atoms in total. The largest absolute Gasteiger partial charge is 0.393 e. The molecule has 1 aromatic heterocycles. The Labute approximate surface area is 142 Å². The van der Waals surface area contributed by atoms with Crippen molar-refractivity contribution in [3.05, 3.63) is 30.3 Å². The highest BCUT2D eigenvalue weighted by Gasteiger charge is 2.24. The van der Waals surface area contributed by atoms with Gasteiger partial charge in [0.15, 0.2) is 0 Å². The fourth-order valence-corrected chi connectivity index (χ4v) is 2.54. The number of tetrazole rings is 1. The maximum Gasteiger partial charge on any atom is 0.246 e. The molecule has 0 bridgehead atoms. The zero-order valence-corrected chi connectivity index (χ0v) is 14.6. The molecule has 0 spiro atoms. The van der Waals surface area contributed by atoms with E-state index in [0.29, 0.717) is 18.8 Å². The van der Waals surface area contributed by atoms with Crippen molar-refractivity contribution < 1.29 is 9.90 Å². The third-order valence-electron chi connectivity index (χ3n) is 3.78. The molecule has 24 heavy (non-hydrogen) atoms. The first-order valence-electron chi connectivity index (χ1n) is 8.09. The summed E-state index contributed by atoms with van der Waals surface area (Å²) in [6.07, 6.45) is 0.209. The normalized spacial score (nSPS) is 14.2. The molecule has 0 saturated carbocycles. The van der Waals surface area contributed by atoms with Crippen molar-refractivity contribution >= 4 is 5.91 Å². The van der Waals surface area contributed by atoms with Crippen LogP contribution < -0.4 is 5.32 Å². The van der Waals surface area contributed by atoms with Gasteiger partial charge in [-0.1, -0.05) is 44.2 Å². The molecule has 2 aromatic rings. The van der Waals surface area contributed by atoms with Crippen LogP contribution in [0.3, 0.4) is 0 Å². The maximum absolute atomic E-state index is 12.3. The van der Waals surface area contributed by atoms with Gasteiger partial charge in [0, 0.05) is 12.1 Å². The number of benzene rings is 1. The van der Waals surface area contributed by atoms with E-state index in [1.54, 1.807) is 13.8 Å². The van der Waals surface area contributed by atoms with E-state index < -0.39 is 12.1 Å². The molecule has 0 saturated heterocycles. The molecule has 130 valence electrons. The summed E-state index contributed by atoms with van der Waals surface area (Å²) in [4.78, 5) is 13.6. The zero-order valence-electron chi connectivity index (χ0n) is 14.6. The monoisotopic (exact) mass is 331 g/mol. The Morgan fingerprint density at radius 1 is 1.29 bits per heavy atom. The minimum atomic E-state index is -0.558. The van der Waals surface area contributed by atoms with Crippen molar-refractivity contribution in [2.45, 2.75) is 46.3 Å². The highest BCUT2D eigenvalue weighted by atomic mass is 16.3. The van der Waals surface area contributed by atoms with Gasteiger partial charge in [0.1, 0.15) is 6.04 Å². The first-order valence-corrected chi connectivity index (χ1v) is 8.09. The van der Waals surface area contributed by atoms with Gasteiger partial charge in [-0.05, 0) is 30.9 Å². The Kier molecular flexibility index (Phi) is 5.66. The molecule has 0 aliphatic carbocycles. The topological polar surface area (TPSA) is 92.9 Å². The van der Waals surface area contributed by atoms with Gasteiger partial charge < -0.3 is 10.4 Å². The van der Waals surface area contributed by atoms with Gasteiger partial charge in [-0.25, -0.2) is 0 Å². The maximum atomic E-state index is 12.3. The summed E-state index contributed by atoms with van der Waals surface area (Å²) in [6.45, 7) is 7.96. The summed E-state index contributed by atoms with van der Waals surface area (Å²) in [5, 5.41) is 24.7. The minimum absolute atomic E-state index is 0.175. The van der Waals surface area contributed by atoms with E-state index in [1.807, 2.05) is 44.2 Å². The number of carbonyl (C=O) groups excluding carboxylic acids is 1. The van der Waals surface area contributed by atoms with Gasteiger partial charge in [0.2, 0.25) is 11.7 Å². The minimum Gasteiger partial charge on any atom is -0.393 e. The molecule has 0 aliphatic rings. The van der Waals surface area contributed by atoms with Gasteiger partial charge in [0.25, 0.3) is 0 Å². The lowest BCUT2D eigenvalue weighted by atomic mass is 9.87. The first kappa shape index (κ1) is 18.1. The van der Waals surface area contributed by atoms with E-state index in [0.717, 1.165) is 5.56 Å². The summed E-state index contributed by atoms with van der Waals surface area (Å²) in [6, 6.07) is 8.94. The fraction of sp³-hybridized carbons (Fsp3) is 0.529. The number of hydrogen-bond donors (Lipinski definition) is 2. The lowest BCUT2D eigenvalue weighted by Gasteiger charge is -2.26. The predicted octanol–water partition coefficient (Wildman–Crippen LogP) is 1.81. The number of nitrogens with zero attached hydrogens (tertiary/aromatic N) is 4. The lowest BCUT2D eigenvalue weighted by molar-refractivity contribution is -0.125. The van der Waals surface area contributed by atoms with Crippen LogP contribution in [0.15, 0.2) is 30.3 Å². The van der Waals surface area contributed by atoms with E-state index in [1.165, 1.54) is 4.80 Å². The smallest absolute Gasteiger partial charge is 0.246 e. The Hall–Kier alpha value is -2.28. The van der Waals surface area contributed by atoms with E-state index in [4.69, 9.17) is 0 Å². The third-order valence-corrected chi connectivity index (χ3v) is 3.78. The van der Waals surface area contributed by atoms with Gasteiger partial charge in [-0.15, -0.1) is 10.2 Å². The molecular formula is C17H25N5O2. The van der Waals surface area contributed by atoms with E-state index in [9.17, 15) is 9.90 Å². The molecule has 1 heterocycles. The van der Waals surface area contributed by atoms with Gasteiger partial charge in [0.05, 0.1) is 6.10 Å². The Morgan fingerprint density at radius 3 is 2.58 bits per heavy atom. The van der Waals surface area contributed by atoms with Crippen LogP contribution in [0.25, 0.3) is 11.4 Å².